The first-order valence-corrected chi connectivity index (χ1v) is 10.1. The van der Waals surface area contributed by atoms with Crippen molar-refractivity contribution in [3.05, 3.63) is 52.4 Å². The third kappa shape index (κ3) is 3.10. The van der Waals surface area contributed by atoms with E-state index in [1.54, 1.807) is 6.07 Å². The van der Waals surface area contributed by atoms with Gasteiger partial charge in [-0.3, -0.25) is 4.79 Å². The zero-order valence-electron chi connectivity index (χ0n) is 16.0. The van der Waals surface area contributed by atoms with Crippen molar-refractivity contribution >= 4 is 21.4 Å². The Morgan fingerprint density at radius 1 is 1.33 bits per heavy atom. The highest BCUT2D eigenvalue weighted by molar-refractivity contribution is 7.20. The van der Waals surface area contributed by atoms with Crippen molar-refractivity contribution in [2.24, 2.45) is 5.41 Å². The van der Waals surface area contributed by atoms with E-state index >= 15 is 0 Å². The fourth-order valence-electron chi connectivity index (χ4n) is 3.69. The Kier molecular flexibility index (Phi) is 4.42. The summed E-state index contributed by atoms with van der Waals surface area (Å²) >= 11 is 1.46. The second-order valence-electron chi connectivity index (χ2n) is 7.62. The summed E-state index contributed by atoms with van der Waals surface area (Å²) < 4.78 is 7.58. The summed E-state index contributed by atoms with van der Waals surface area (Å²) in [5, 5.41) is 5.32. The van der Waals surface area contributed by atoms with Crippen molar-refractivity contribution in [1.29, 1.82) is 0 Å². The summed E-state index contributed by atoms with van der Waals surface area (Å²) in [6.07, 6.45) is 1.80. The van der Waals surface area contributed by atoms with E-state index < -0.39 is 0 Å². The summed E-state index contributed by atoms with van der Waals surface area (Å²) in [4.78, 5) is 19.6. The van der Waals surface area contributed by atoms with Gasteiger partial charge in [0.05, 0.1) is 0 Å². The van der Waals surface area contributed by atoms with Gasteiger partial charge in [0, 0.05) is 36.7 Å². The molecule has 0 aliphatic heterocycles. The van der Waals surface area contributed by atoms with E-state index in [1.165, 1.54) is 15.9 Å². The van der Waals surface area contributed by atoms with E-state index in [0.29, 0.717) is 4.96 Å². The van der Waals surface area contributed by atoms with Crippen molar-refractivity contribution in [2.75, 3.05) is 11.9 Å². The normalized spacial score (nSPS) is 21.0. The second kappa shape index (κ2) is 6.64. The fourth-order valence-corrected chi connectivity index (χ4v) is 4.63. The average Bonchev–Trinajstić information content (AvgIpc) is 3.10. The van der Waals surface area contributed by atoms with Crippen LogP contribution < -0.4 is 15.2 Å². The first-order chi connectivity index (χ1) is 12.9. The van der Waals surface area contributed by atoms with E-state index in [9.17, 15) is 4.79 Å². The molecule has 2 aromatic heterocycles. The summed E-state index contributed by atoms with van der Waals surface area (Å²) in [5.41, 5.74) is 0.652. The van der Waals surface area contributed by atoms with Gasteiger partial charge in [-0.25, -0.2) is 4.98 Å². The van der Waals surface area contributed by atoms with Crippen molar-refractivity contribution in [3.8, 4) is 5.75 Å². The van der Waals surface area contributed by atoms with Crippen LogP contribution in [0.3, 0.4) is 0 Å². The highest BCUT2D eigenvalue weighted by atomic mass is 32.1. The standard InChI is InChI=1S/C20H24N4O2S/c1-5-13-11-17(25)24-18(21-13)27-19(22-24)23(4)15-12-16(20(15,2)3)26-14-9-7-6-8-10-14/h6-11,15-16H,5,12H2,1-4H3/t15-,16+/m0/s1. The molecule has 2 heterocycles. The highest BCUT2D eigenvalue weighted by Gasteiger charge is 2.52. The molecule has 1 fully saturated rings. The Bertz CT molecular complexity index is 1010. The minimum atomic E-state index is -0.120. The number of para-hydroxylation sites is 1. The number of nitrogens with zero attached hydrogens (tertiary/aromatic N) is 4. The van der Waals surface area contributed by atoms with Gasteiger partial charge in [0.1, 0.15) is 11.9 Å². The molecule has 2 atom stereocenters. The Balaban J connectivity index is 1.55. The number of aromatic nitrogens is 3. The summed E-state index contributed by atoms with van der Waals surface area (Å²) in [6, 6.07) is 11.8. The topological polar surface area (TPSA) is 59.7 Å². The maximum Gasteiger partial charge on any atom is 0.275 e. The lowest BCUT2D eigenvalue weighted by molar-refractivity contribution is -0.0416. The Morgan fingerprint density at radius 2 is 2.07 bits per heavy atom. The number of fused-ring (bicyclic) bond motifs is 1. The molecule has 0 radical (unpaired) electrons. The molecule has 0 saturated heterocycles. The van der Waals surface area contributed by atoms with Gasteiger partial charge in [0.25, 0.3) is 5.56 Å². The molecule has 1 saturated carbocycles. The molecule has 1 aliphatic rings. The van der Waals surface area contributed by atoms with Crippen LogP contribution in [0.15, 0.2) is 41.2 Å². The summed E-state index contributed by atoms with van der Waals surface area (Å²) in [6.45, 7) is 6.44. The van der Waals surface area contributed by atoms with Crippen LogP contribution in [-0.2, 0) is 6.42 Å². The lowest BCUT2D eigenvalue weighted by Gasteiger charge is -2.54. The zero-order valence-corrected chi connectivity index (χ0v) is 16.9. The maximum atomic E-state index is 12.3. The molecular formula is C20H24N4O2S. The summed E-state index contributed by atoms with van der Waals surface area (Å²) in [7, 11) is 2.04. The largest absolute Gasteiger partial charge is 0.490 e. The zero-order chi connectivity index (χ0) is 19.2. The predicted molar refractivity (Wildman–Crippen MR) is 108 cm³/mol. The molecule has 6 nitrogen and oxygen atoms in total. The quantitative estimate of drug-likeness (QED) is 0.675. The Morgan fingerprint density at radius 3 is 2.74 bits per heavy atom. The van der Waals surface area contributed by atoms with Gasteiger partial charge < -0.3 is 9.64 Å². The van der Waals surface area contributed by atoms with E-state index in [4.69, 9.17) is 4.74 Å². The number of ether oxygens (including phenoxy) is 1. The number of rotatable bonds is 5. The van der Waals surface area contributed by atoms with Gasteiger partial charge in [-0.2, -0.15) is 4.52 Å². The van der Waals surface area contributed by atoms with E-state index in [1.807, 2.05) is 44.3 Å². The van der Waals surface area contributed by atoms with E-state index in [2.05, 4.69) is 28.8 Å². The van der Waals surface area contributed by atoms with Crippen molar-refractivity contribution < 1.29 is 4.74 Å². The molecule has 1 aliphatic carbocycles. The van der Waals surface area contributed by atoms with Crippen molar-refractivity contribution in [1.82, 2.24) is 14.6 Å². The molecule has 0 spiro atoms. The first kappa shape index (κ1) is 18.0. The van der Waals surface area contributed by atoms with Gasteiger partial charge in [-0.05, 0) is 18.6 Å². The van der Waals surface area contributed by atoms with E-state index in [0.717, 1.165) is 29.4 Å². The van der Waals surface area contributed by atoms with Crippen LogP contribution in [0, 0.1) is 5.41 Å². The monoisotopic (exact) mass is 384 g/mol. The van der Waals surface area contributed by atoms with Gasteiger partial charge >= 0.3 is 0 Å². The molecule has 0 unspecified atom stereocenters. The Labute approximate surface area is 162 Å². The lowest BCUT2D eigenvalue weighted by Crippen LogP contribution is -2.62. The van der Waals surface area contributed by atoms with Crippen LogP contribution >= 0.6 is 11.3 Å². The van der Waals surface area contributed by atoms with Crippen LogP contribution in [0.25, 0.3) is 4.96 Å². The second-order valence-corrected chi connectivity index (χ2v) is 8.56. The summed E-state index contributed by atoms with van der Waals surface area (Å²) in [5.74, 6) is 0.902. The number of aryl methyl sites for hydroxylation is 1. The molecule has 0 bridgehead atoms. The third-order valence-electron chi connectivity index (χ3n) is 5.57. The molecule has 0 N–H and O–H groups in total. The minimum absolute atomic E-state index is 0.0323. The minimum Gasteiger partial charge on any atom is -0.490 e. The van der Waals surface area contributed by atoms with Crippen LogP contribution in [-0.4, -0.2) is 33.8 Å². The number of hydrogen-bond acceptors (Lipinski definition) is 6. The average molecular weight is 385 g/mol. The lowest BCUT2D eigenvalue weighted by atomic mass is 9.64. The molecule has 4 rings (SSSR count). The smallest absolute Gasteiger partial charge is 0.275 e. The van der Waals surface area contributed by atoms with Crippen molar-refractivity contribution in [3.63, 3.8) is 0 Å². The van der Waals surface area contributed by atoms with Gasteiger partial charge in [0.15, 0.2) is 0 Å². The Hall–Kier alpha value is -2.41. The van der Waals surface area contributed by atoms with Crippen LogP contribution in [0.5, 0.6) is 5.75 Å². The van der Waals surface area contributed by atoms with Gasteiger partial charge in [-0.1, -0.05) is 50.3 Å². The molecule has 27 heavy (non-hydrogen) atoms. The predicted octanol–water partition coefficient (Wildman–Crippen LogP) is 3.40. The van der Waals surface area contributed by atoms with Crippen LogP contribution in [0.1, 0.15) is 32.9 Å². The number of anilines is 1. The first-order valence-electron chi connectivity index (χ1n) is 9.24. The van der Waals surface area contributed by atoms with E-state index in [-0.39, 0.29) is 23.1 Å². The van der Waals surface area contributed by atoms with Crippen molar-refractivity contribution in [2.45, 2.75) is 45.8 Å². The number of hydrogen-bond donors (Lipinski definition) is 0. The van der Waals surface area contributed by atoms with Crippen LogP contribution in [0.2, 0.25) is 0 Å². The SMILES string of the molecule is CCc1cc(=O)n2nc(N(C)[C@H]3C[C@@H](Oc4ccccc4)C3(C)C)sc2n1. The molecular weight excluding hydrogens is 360 g/mol. The van der Waals surface area contributed by atoms with Gasteiger partial charge in [0.2, 0.25) is 10.1 Å². The molecule has 7 heteroatoms. The van der Waals surface area contributed by atoms with Gasteiger partial charge in [-0.15, -0.1) is 5.10 Å². The maximum absolute atomic E-state index is 12.3. The van der Waals surface area contributed by atoms with Crippen LogP contribution in [0.4, 0.5) is 5.13 Å². The molecule has 3 aromatic rings. The molecule has 142 valence electrons. The molecule has 1 aromatic carbocycles. The highest BCUT2D eigenvalue weighted by Crippen LogP contribution is 2.47. The third-order valence-corrected chi connectivity index (χ3v) is 6.57. The fraction of sp³-hybridized carbons (Fsp3) is 0.450. The number of benzene rings is 1. The molecule has 0 amide bonds.